The number of aryl methyl sites for hydroxylation is 1. The van der Waals surface area contributed by atoms with Crippen molar-refractivity contribution in [2.75, 3.05) is 11.6 Å². The largest absolute Gasteiger partial charge is 0.479 e. The smallest absolute Gasteiger partial charge is 0.354 e. The van der Waals surface area contributed by atoms with Crippen LogP contribution in [-0.4, -0.2) is 34.9 Å². The Balaban J connectivity index is 2.50. The molecule has 1 aliphatic heterocycles. The van der Waals surface area contributed by atoms with E-state index in [1.54, 1.807) is 25.1 Å². The highest BCUT2D eigenvalue weighted by molar-refractivity contribution is 6.38. The van der Waals surface area contributed by atoms with Gasteiger partial charge in [-0.1, -0.05) is 17.7 Å². The Morgan fingerprint density at radius 3 is 2.77 bits per heavy atom. The maximum atomic E-state index is 11.9. The number of esters is 1. The predicted molar refractivity (Wildman–Crippen MR) is 83.4 cm³/mol. The van der Waals surface area contributed by atoms with Crippen molar-refractivity contribution in [3.63, 3.8) is 0 Å². The van der Waals surface area contributed by atoms with Crippen molar-refractivity contribution in [2.45, 2.75) is 32.7 Å². The molecule has 118 valence electrons. The second kappa shape index (κ2) is 5.96. The first kappa shape index (κ1) is 16.3. The van der Waals surface area contributed by atoms with Gasteiger partial charge in [0.25, 0.3) is 0 Å². The highest BCUT2D eigenvalue weighted by Crippen LogP contribution is 2.36. The van der Waals surface area contributed by atoms with Gasteiger partial charge in [0.05, 0.1) is 12.3 Å². The number of benzene rings is 1. The van der Waals surface area contributed by atoms with Crippen LogP contribution in [-0.2, 0) is 14.3 Å². The molecule has 1 aliphatic rings. The maximum Gasteiger partial charge on any atom is 0.354 e. The zero-order chi connectivity index (χ0) is 16.5. The molecule has 0 radical (unpaired) electrons. The molecule has 0 fully saturated rings. The highest BCUT2D eigenvalue weighted by Gasteiger charge is 2.48. The van der Waals surface area contributed by atoms with Gasteiger partial charge in [-0.15, -0.1) is 0 Å². The molecule has 0 saturated heterocycles. The number of carboxylic acid groups (broad SMARTS) is 1. The van der Waals surface area contributed by atoms with Gasteiger partial charge in [-0.05, 0) is 38.5 Å². The molecule has 1 aromatic carbocycles. The molecule has 0 saturated carbocycles. The summed E-state index contributed by atoms with van der Waals surface area (Å²) >= 11 is 6.00. The minimum atomic E-state index is -1.36. The molecule has 1 N–H and O–H groups in total. The number of rotatable bonds is 4. The highest BCUT2D eigenvalue weighted by atomic mass is 35.5. The SMILES string of the molecule is CCOC(=O)C1=NN(c2cc(Cl)ccc2C)[C@@](C)(C(=O)O)C1. The Labute approximate surface area is 133 Å². The van der Waals surface area contributed by atoms with Crippen molar-refractivity contribution >= 4 is 34.9 Å². The fraction of sp³-hybridized carbons (Fsp3) is 0.400. The lowest BCUT2D eigenvalue weighted by molar-refractivity contribution is -0.142. The summed E-state index contributed by atoms with van der Waals surface area (Å²) in [6.45, 7) is 5.23. The minimum Gasteiger partial charge on any atom is -0.479 e. The van der Waals surface area contributed by atoms with E-state index in [4.69, 9.17) is 16.3 Å². The number of hydrazone groups is 1. The van der Waals surface area contributed by atoms with E-state index >= 15 is 0 Å². The van der Waals surface area contributed by atoms with Crippen LogP contribution in [0.5, 0.6) is 0 Å². The number of aliphatic carboxylic acids is 1. The number of hydrogen-bond donors (Lipinski definition) is 1. The molecule has 0 unspecified atom stereocenters. The third-order valence-electron chi connectivity index (χ3n) is 3.57. The zero-order valence-electron chi connectivity index (χ0n) is 12.6. The number of halogens is 1. The van der Waals surface area contributed by atoms with Gasteiger partial charge in [0.2, 0.25) is 0 Å². The molecule has 7 heteroatoms. The summed E-state index contributed by atoms with van der Waals surface area (Å²) in [6, 6.07) is 5.12. The fourth-order valence-corrected chi connectivity index (χ4v) is 2.46. The lowest BCUT2D eigenvalue weighted by Crippen LogP contribution is -2.47. The van der Waals surface area contributed by atoms with E-state index in [0.29, 0.717) is 10.7 Å². The first-order chi connectivity index (χ1) is 10.3. The number of nitrogens with zero attached hydrogens (tertiary/aromatic N) is 2. The first-order valence-corrected chi connectivity index (χ1v) is 7.21. The van der Waals surface area contributed by atoms with E-state index in [9.17, 15) is 14.7 Å². The molecule has 1 heterocycles. The van der Waals surface area contributed by atoms with Crippen LogP contribution in [0.1, 0.15) is 25.8 Å². The van der Waals surface area contributed by atoms with Crippen molar-refractivity contribution in [3.05, 3.63) is 28.8 Å². The normalized spacial score (nSPS) is 20.7. The van der Waals surface area contributed by atoms with Gasteiger partial charge in [0, 0.05) is 11.4 Å². The molecule has 1 atom stereocenters. The van der Waals surface area contributed by atoms with E-state index in [1.165, 1.54) is 11.9 Å². The van der Waals surface area contributed by atoms with Crippen LogP contribution in [0.2, 0.25) is 5.02 Å². The van der Waals surface area contributed by atoms with Crippen molar-refractivity contribution in [3.8, 4) is 0 Å². The van der Waals surface area contributed by atoms with Gasteiger partial charge in [-0.3, -0.25) is 0 Å². The summed E-state index contributed by atoms with van der Waals surface area (Å²) in [5, 5.41) is 15.6. The Kier molecular flexibility index (Phi) is 4.42. The van der Waals surface area contributed by atoms with Crippen LogP contribution in [0.15, 0.2) is 23.3 Å². The molecule has 0 spiro atoms. The zero-order valence-corrected chi connectivity index (χ0v) is 13.3. The Bertz CT molecular complexity index is 659. The lowest BCUT2D eigenvalue weighted by atomic mass is 9.95. The third kappa shape index (κ3) is 2.78. The monoisotopic (exact) mass is 324 g/mol. The summed E-state index contributed by atoms with van der Waals surface area (Å²) < 4.78 is 4.92. The number of hydrogen-bond acceptors (Lipinski definition) is 5. The van der Waals surface area contributed by atoms with E-state index in [0.717, 1.165) is 5.56 Å². The number of anilines is 1. The first-order valence-electron chi connectivity index (χ1n) is 6.84. The molecule has 0 amide bonds. The van der Waals surface area contributed by atoms with Crippen molar-refractivity contribution in [2.24, 2.45) is 5.10 Å². The number of carbonyl (C=O) groups excluding carboxylic acids is 1. The van der Waals surface area contributed by atoms with E-state index < -0.39 is 17.5 Å². The lowest BCUT2D eigenvalue weighted by Gasteiger charge is -2.31. The fourth-order valence-electron chi connectivity index (χ4n) is 2.29. The summed E-state index contributed by atoms with van der Waals surface area (Å²) in [6.07, 6.45) is -0.0346. The summed E-state index contributed by atoms with van der Waals surface area (Å²) in [4.78, 5) is 23.6. The van der Waals surface area contributed by atoms with Crippen LogP contribution < -0.4 is 5.01 Å². The van der Waals surface area contributed by atoms with Crippen molar-refractivity contribution in [1.29, 1.82) is 0 Å². The maximum absolute atomic E-state index is 11.9. The van der Waals surface area contributed by atoms with Gasteiger partial charge < -0.3 is 9.84 Å². The summed E-state index contributed by atoms with van der Waals surface area (Å²) in [5.74, 6) is -1.67. The van der Waals surface area contributed by atoms with Crippen LogP contribution in [0.4, 0.5) is 5.69 Å². The predicted octanol–water partition coefficient (Wildman–Crippen LogP) is 2.62. The van der Waals surface area contributed by atoms with Crippen LogP contribution >= 0.6 is 11.6 Å². The Morgan fingerprint density at radius 2 is 2.18 bits per heavy atom. The number of carbonyl (C=O) groups is 2. The van der Waals surface area contributed by atoms with Crippen molar-refractivity contribution in [1.82, 2.24) is 0 Å². The average Bonchev–Trinajstić information content (AvgIpc) is 2.81. The molecule has 6 nitrogen and oxygen atoms in total. The summed E-state index contributed by atoms with van der Waals surface area (Å²) in [5.41, 5.74) is 0.0888. The quantitative estimate of drug-likeness (QED) is 0.861. The molecular formula is C15H17ClN2O4. The van der Waals surface area contributed by atoms with Crippen molar-refractivity contribution < 1.29 is 19.4 Å². The van der Waals surface area contributed by atoms with Gasteiger partial charge in [0.15, 0.2) is 5.54 Å². The van der Waals surface area contributed by atoms with E-state index in [2.05, 4.69) is 5.10 Å². The van der Waals surface area contributed by atoms with Gasteiger partial charge in [-0.2, -0.15) is 5.10 Å². The molecule has 0 aliphatic carbocycles. The molecule has 1 aromatic rings. The number of carboxylic acids is 1. The molecule has 0 bridgehead atoms. The average molecular weight is 325 g/mol. The van der Waals surface area contributed by atoms with Crippen LogP contribution in [0.3, 0.4) is 0 Å². The van der Waals surface area contributed by atoms with Crippen LogP contribution in [0, 0.1) is 6.92 Å². The van der Waals surface area contributed by atoms with Gasteiger partial charge in [-0.25, -0.2) is 14.6 Å². The Morgan fingerprint density at radius 1 is 1.50 bits per heavy atom. The van der Waals surface area contributed by atoms with Crippen LogP contribution in [0.25, 0.3) is 0 Å². The Hall–Kier alpha value is -2.08. The molecule has 22 heavy (non-hydrogen) atoms. The molecule has 0 aromatic heterocycles. The van der Waals surface area contributed by atoms with Gasteiger partial charge in [0.1, 0.15) is 5.71 Å². The topological polar surface area (TPSA) is 79.2 Å². The van der Waals surface area contributed by atoms with E-state index in [1.807, 2.05) is 6.92 Å². The third-order valence-corrected chi connectivity index (χ3v) is 3.81. The standard InChI is InChI=1S/C15H17ClN2O4/c1-4-22-13(19)11-8-15(3,14(20)21)18(17-11)12-7-10(16)6-5-9(12)2/h5-7H,4,8H2,1-3H3,(H,20,21)/t15-/m1/s1. The van der Waals surface area contributed by atoms with E-state index in [-0.39, 0.29) is 18.7 Å². The van der Waals surface area contributed by atoms with Gasteiger partial charge >= 0.3 is 11.9 Å². The number of ether oxygens (including phenoxy) is 1. The molecular weight excluding hydrogens is 308 g/mol. The second-order valence-electron chi connectivity index (χ2n) is 5.27. The second-order valence-corrected chi connectivity index (χ2v) is 5.70. The minimum absolute atomic E-state index is 0.0346. The molecule has 2 rings (SSSR count). The summed E-state index contributed by atoms with van der Waals surface area (Å²) in [7, 11) is 0.